The molecular formula is C12H10FNO3. The average molecular weight is 235 g/mol. The van der Waals surface area contributed by atoms with E-state index in [0.717, 1.165) is 0 Å². The zero-order chi connectivity index (χ0) is 12.6. The predicted molar refractivity (Wildman–Crippen MR) is 58.3 cm³/mol. The summed E-state index contributed by atoms with van der Waals surface area (Å²) >= 11 is 0. The maximum absolute atomic E-state index is 13.1. The number of hydrogen-bond acceptors (Lipinski definition) is 3. The second-order valence-corrected chi connectivity index (χ2v) is 3.74. The average Bonchev–Trinajstić information content (AvgIpc) is 2.64. The van der Waals surface area contributed by atoms with Crippen LogP contribution < -0.4 is 0 Å². The molecule has 2 aromatic rings. The fraction of sp³-hybridized carbons (Fsp3) is 0.167. The first kappa shape index (κ1) is 11.3. The Bertz CT molecular complexity index is 589. The minimum Gasteiger partial charge on any atom is -0.477 e. The van der Waals surface area contributed by atoms with E-state index in [1.807, 2.05) is 0 Å². The molecule has 0 spiro atoms. The molecule has 5 heteroatoms. The number of aryl methyl sites for hydroxylation is 2. The molecule has 0 saturated carbocycles. The number of carboxylic acids is 1. The van der Waals surface area contributed by atoms with Gasteiger partial charge in [-0.25, -0.2) is 9.18 Å². The summed E-state index contributed by atoms with van der Waals surface area (Å²) in [7, 11) is 0. The Hall–Kier alpha value is -2.17. The maximum atomic E-state index is 13.1. The van der Waals surface area contributed by atoms with Crippen molar-refractivity contribution in [3.05, 3.63) is 40.8 Å². The lowest BCUT2D eigenvalue weighted by Crippen LogP contribution is -1.99. The van der Waals surface area contributed by atoms with Gasteiger partial charge in [0.25, 0.3) is 0 Å². The fourth-order valence-electron chi connectivity index (χ4n) is 1.60. The molecular weight excluding hydrogens is 225 g/mol. The number of aromatic carboxylic acids is 1. The van der Waals surface area contributed by atoms with Crippen molar-refractivity contribution in [1.82, 2.24) is 5.16 Å². The van der Waals surface area contributed by atoms with Crippen LogP contribution in [0, 0.1) is 19.7 Å². The lowest BCUT2D eigenvalue weighted by molar-refractivity contribution is 0.0696. The van der Waals surface area contributed by atoms with Crippen LogP contribution in [-0.2, 0) is 0 Å². The van der Waals surface area contributed by atoms with E-state index in [-0.39, 0.29) is 17.1 Å². The number of rotatable bonds is 2. The van der Waals surface area contributed by atoms with Crippen LogP contribution in [0.2, 0.25) is 0 Å². The van der Waals surface area contributed by atoms with Crippen molar-refractivity contribution in [2.24, 2.45) is 0 Å². The molecule has 1 aromatic carbocycles. The van der Waals surface area contributed by atoms with Gasteiger partial charge in [-0.2, -0.15) is 0 Å². The lowest BCUT2D eigenvalue weighted by Gasteiger charge is -2.01. The van der Waals surface area contributed by atoms with E-state index >= 15 is 0 Å². The third-order valence-electron chi connectivity index (χ3n) is 2.50. The van der Waals surface area contributed by atoms with Crippen LogP contribution in [0.15, 0.2) is 22.7 Å². The van der Waals surface area contributed by atoms with Crippen molar-refractivity contribution >= 4 is 5.97 Å². The lowest BCUT2D eigenvalue weighted by atomic mass is 10.0. The molecule has 1 aromatic heterocycles. The predicted octanol–water partition coefficient (Wildman–Crippen LogP) is 2.80. The third-order valence-corrected chi connectivity index (χ3v) is 2.50. The zero-order valence-corrected chi connectivity index (χ0v) is 9.32. The highest BCUT2D eigenvalue weighted by molar-refractivity contribution is 5.95. The van der Waals surface area contributed by atoms with Crippen molar-refractivity contribution < 1.29 is 18.8 Å². The topological polar surface area (TPSA) is 63.3 Å². The van der Waals surface area contributed by atoms with Gasteiger partial charge in [-0.15, -0.1) is 0 Å². The normalized spacial score (nSPS) is 10.5. The Morgan fingerprint density at radius 2 is 2.12 bits per heavy atom. The fourth-order valence-corrected chi connectivity index (χ4v) is 1.60. The summed E-state index contributed by atoms with van der Waals surface area (Å²) in [6.45, 7) is 3.15. The quantitative estimate of drug-likeness (QED) is 0.869. The van der Waals surface area contributed by atoms with E-state index in [9.17, 15) is 9.18 Å². The second kappa shape index (κ2) is 4.01. The van der Waals surface area contributed by atoms with Gasteiger partial charge in [0.05, 0.1) is 5.69 Å². The molecule has 0 fully saturated rings. The molecule has 0 amide bonds. The Kier molecular flexibility index (Phi) is 2.67. The molecule has 4 nitrogen and oxygen atoms in total. The molecule has 1 N–H and O–H groups in total. The van der Waals surface area contributed by atoms with E-state index in [1.165, 1.54) is 18.2 Å². The third kappa shape index (κ3) is 1.91. The van der Waals surface area contributed by atoms with Crippen molar-refractivity contribution in [2.75, 3.05) is 0 Å². The van der Waals surface area contributed by atoms with E-state index in [1.54, 1.807) is 13.8 Å². The SMILES string of the molecule is Cc1cc(-c2onc(C)c2C(=O)O)ccc1F. The largest absolute Gasteiger partial charge is 0.477 e. The highest BCUT2D eigenvalue weighted by Gasteiger charge is 2.21. The first-order chi connectivity index (χ1) is 8.00. The molecule has 0 atom stereocenters. The Morgan fingerprint density at radius 3 is 2.71 bits per heavy atom. The number of aromatic nitrogens is 1. The molecule has 2 rings (SSSR count). The number of benzene rings is 1. The summed E-state index contributed by atoms with van der Waals surface area (Å²) < 4.78 is 18.1. The number of hydrogen-bond donors (Lipinski definition) is 1. The highest BCUT2D eigenvalue weighted by Crippen LogP contribution is 2.27. The zero-order valence-electron chi connectivity index (χ0n) is 9.32. The molecule has 1 heterocycles. The van der Waals surface area contributed by atoms with Crippen molar-refractivity contribution in [3.63, 3.8) is 0 Å². The molecule has 0 bridgehead atoms. The van der Waals surface area contributed by atoms with Crippen LogP contribution in [0.1, 0.15) is 21.6 Å². The Labute approximate surface area is 96.7 Å². The summed E-state index contributed by atoms with van der Waals surface area (Å²) in [6.07, 6.45) is 0. The molecule has 0 aliphatic rings. The Morgan fingerprint density at radius 1 is 1.41 bits per heavy atom. The van der Waals surface area contributed by atoms with Gasteiger partial charge in [-0.3, -0.25) is 0 Å². The second-order valence-electron chi connectivity index (χ2n) is 3.74. The van der Waals surface area contributed by atoms with Gasteiger partial charge in [0.2, 0.25) is 0 Å². The minimum atomic E-state index is -1.11. The van der Waals surface area contributed by atoms with Crippen LogP contribution in [0.3, 0.4) is 0 Å². The van der Waals surface area contributed by atoms with E-state index in [2.05, 4.69) is 5.16 Å². The molecule has 0 aliphatic carbocycles. The standard InChI is InChI=1S/C12H10FNO3/c1-6-5-8(3-4-9(6)13)11-10(12(15)16)7(2)14-17-11/h3-5H,1-2H3,(H,15,16). The number of carboxylic acid groups (broad SMARTS) is 1. The summed E-state index contributed by atoms with van der Waals surface area (Å²) in [5.41, 5.74) is 1.24. The highest BCUT2D eigenvalue weighted by atomic mass is 19.1. The van der Waals surface area contributed by atoms with Gasteiger partial charge >= 0.3 is 5.97 Å². The summed E-state index contributed by atoms with van der Waals surface area (Å²) in [5.74, 6) is -1.30. The van der Waals surface area contributed by atoms with Crippen LogP contribution in [0.4, 0.5) is 4.39 Å². The first-order valence-corrected chi connectivity index (χ1v) is 4.97. The van der Waals surface area contributed by atoms with E-state index in [0.29, 0.717) is 16.8 Å². The van der Waals surface area contributed by atoms with Crippen LogP contribution >= 0.6 is 0 Å². The number of carbonyl (C=O) groups is 1. The van der Waals surface area contributed by atoms with Gasteiger partial charge < -0.3 is 9.63 Å². The van der Waals surface area contributed by atoms with Crippen molar-refractivity contribution in [2.45, 2.75) is 13.8 Å². The summed E-state index contributed by atoms with van der Waals surface area (Å²) in [4.78, 5) is 11.1. The number of nitrogens with zero attached hydrogens (tertiary/aromatic N) is 1. The monoisotopic (exact) mass is 235 g/mol. The van der Waals surface area contributed by atoms with Gasteiger partial charge in [0, 0.05) is 5.56 Å². The van der Waals surface area contributed by atoms with Crippen LogP contribution in [0.25, 0.3) is 11.3 Å². The molecule has 17 heavy (non-hydrogen) atoms. The van der Waals surface area contributed by atoms with Crippen molar-refractivity contribution in [1.29, 1.82) is 0 Å². The maximum Gasteiger partial charge on any atom is 0.341 e. The van der Waals surface area contributed by atoms with E-state index < -0.39 is 5.97 Å². The summed E-state index contributed by atoms with van der Waals surface area (Å²) in [6, 6.07) is 4.27. The molecule has 88 valence electrons. The molecule has 0 saturated heterocycles. The van der Waals surface area contributed by atoms with Gasteiger partial charge in [-0.1, -0.05) is 5.16 Å². The van der Waals surface area contributed by atoms with Crippen LogP contribution in [-0.4, -0.2) is 16.2 Å². The minimum absolute atomic E-state index is 0.0102. The first-order valence-electron chi connectivity index (χ1n) is 4.97. The Balaban J connectivity index is 2.60. The molecule has 0 radical (unpaired) electrons. The van der Waals surface area contributed by atoms with Gasteiger partial charge in [0.1, 0.15) is 11.4 Å². The smallest absolute Gasteiger partial charge is 0.341 e. The molecule has 0 aliphatic heterocycles. The van der Waals surface area contributed by atoms with E-state index in [4.69, 9.17) is 9.63 Å². The van der Waals surface area contributed by atoms with Crippen molar-refractivity contribution in [3.8, 4) is 11.3 Å². The number of halogens is 1. The summed E-state index contributed by atoms with van der Waals surface area (Å²) in [5, 5.41) is 12.7. The van der Waals surface area contributed by atoms with Crippen LogP contribution in [0.5, 0.6) is 0 Å². The van der Waals surface area contributed by atoms with Gasteiger partial charge in [-0.05, 0) is 37.6 Å². The van der Waals surface area contributed by atoms with Gasteiger partial charge in [0.15, 0.2) is 5.76 Å². The molecule has 0 unspecified atom stereocenters.